The van der Waals surface area contributed by atoms with Gasteiger partial charge in [-0.15, -0.1) is 0 Å². The minimum absolute atomic E-state index is 0.0242. The van der Waals surface area contributed by atoms with Gasteiger partial charge >= 0.3 is 6.18 Å². The van der Waals surface area contributed by atoms with Gasteiger partial charge < -0.3 is 14.6 Å². The Hall–Kier alpha value is -0.800. The summed E-state index contributed by atoms with van der Waals surface area (Å²) < 4.78 is 45.1. The quantitative estimate of drug-likeness (QED) is 0.833. The molecule has 9 heteroatoms. The summed E-state index contributed by atoms with van der Waals surface area (Å²) in [5.41, 5.74) is 0. The van der Waals surface area contributed by atoms with Gasteiger partial charge in [0.05, 0.1) is 12.6 Å². The first-order valence-electron chi connectivity index (χ1n) is 5.83. The SMILES string of the molecule is FC(F)(F)COCCc1noc(C2CSCCN2)n1. The van der Waals surface area contributed by atoms with E-state index < -0.39 is 12.8 Å². The molecular weight excluding hydrogens is 283 g/mol. The Morgan fingerprint density at radius 3 is 3.00 bits per heavy atom. The van der Waals surface area contributed by atoms with E-state index >= 15 is 0 Å². The molecule has 2 heterocycles. The summed E-state index contributed by atoms with van der Waals surface area (Å²) in [5.74, 6) is 2.75. The van der Waals surface area contributed by atoms with E-state index in [1.165, 1.54) is 0 Å². The first-order chi connectivity index (χ1) is 9.04. The first-order valence-corrected chi connectivity index (χ1v) is 6.98. The van der Waals surface area contributed by atoms with Crippen molar-refractivity contribution in [2.45, 2.75) is 18.6 Å². The fourth-order valence-corrected chi connectivity index (χ4v) is 2.51. The van der Waals surface area contributed by atoms with E-state index in [9.17, 15) is 13.2 Å². The molecule has 0 bridgehead atoms. The molecule has 108 valence electrons. The number of nitrogens with zero attached hydrogens (tertiary/aromatic N) is 2. The van der Waals surface area contributed by atoms with Gasteiger partial charge in [-0.1, -0.05) is 5.16 Å². The predicted molar refractivity (Wildman–Crippen MR) is 62.9 cm³/mol. The second-order valence-corrected chi connectivity index (χ2v) is 5.20. The Morgan fingerprint density at radius 2 is 2.32 bits per heavy atom. The van der Waals surface area contributed by atoms with Crippen molar-refractivity contribution in [3.05, 3.63) is 11.7 Å². The number of ether oxygens (including phenoxy) is 1. The molecule has 0 amide bonds. The Bertz CT molecular complexity index is 394. The number of halogens is 3. The largest absolute Gasteiger partial charge is 0.411 e. The van der Waals surface area contributed by atoms with Crippen LogP contribution in [0.2, 0.25) is 0 Å². The van der Waals surface area contributed by atoms with Gasteiger partial charge in [-0.2, -0.15) is 29.9 Å². The topological polar surface area (TPSA) is 60.2 Å². The summed E-state index contributed by atoms with van der Waals surface area (Å²) >= 11 is 1.79. The highest BCUT2D eigenvalue weighted by Gasteiger charge is 2.27. The average molecular weight is 297 g/mol. The van der Waals surface area contributed by atoms with Gasteiger partial charge in [0.1, 0.15) is 6.61 Å². The van der Waals surface area contributed by atoms with Crippen LogP contribution in [-0.4, -0.2) is 47.6 Å². The van der Waals surface area contributed by atoms with Crippen molar-refractivity contribution in [3.8, 4) is 0 Å². The second-order valence-electron chi connectivity index (χ2n) is 4.05. The molecule has 1 atom stereocenters. The molecule has 0 saturated carbocycles. The summed E-state index contributed by atoms with van der Waals surface area (Å²) in [5, 5.41) is 6.97. The summed E-state index contributed by atoms with van der Waals surface area (Å²) in [7, 11) is 0. The lowest BCUT2D eigenvalue weighted by molar-refractivity contribution is -0.173. The van der Waals surface area contributed by atoms with E-state index in [0.717, 1.165) is 18.1 Å². The van der Waals surface area contributed by atoms with Crippen LogP contribution in [-0.2, 0) is 11.2 Å². The van der Waals surface area contributed by atoms with Crippen molar-refractivity contribution in [2.75, 3.05) is 31.3 Å². The Morgan fingerprint density at radius 1 is 1.47 bits per heavy atom. The third kappa shape index (κ3) is 5.00. The number of rotatable bonds is 5. The lowest BCUT2D eigenvalue weighted by atomic mass is 10.3. The highest BCUT2D eigenvalue weighted by Crippen LogP contribution is 2.20. The van der Waals surface area contributed by atoms with Gasteiger partial charge in [0.2, 0.25) is 5.89 Å². The maximum absolute atomic E-state index is 11.8. The van der Waals surface area contributed by atoms with Gasteiger partial charge in [0.15, 0.2) is 5.82 Å². The Balaban J connectivity index is 1.74. The van der Waals surface area contributed by atoms with Crippen molar-refractivity contribution in [2.24, 2.45) is 0 Å². The predicted octanol–water partition coefficient (Wildman–Crippen LogP) is 1.57. The lowest BCUT2D eigenvalue weighted by Gasteiger charge is -2.19. The normalized spacial score (nSPS) is 20.7. The molecular formula is C10H14F3N3O2S. The molecule has 1 N–H and O–H groups in total. The number of hydrogen-bond donors (Lipinski definition) is 1. The van der Waals surface area contributed by atoms with Crippen molar-refractivity contribution in [3.63, 3.8) is 0 Å². The molecule has 5 nitrogen and oxygen atoms in total. The monoisotopic (exact) mass is 297 g/mol. The zero-order valence-corrected chi connectivity index (χ0v) is 10.9. The van der Waals surface area contributed by atoms with Crippen LogP contribution in [0.4, 0.5) is 13.2 Å². The molecule has 0 aromatic carbocycles. The zero-order valence-electron chi connectivity index (χ0n) is 10.1. The summed E-state index contributed by atoms with van der Waals surface area (Å²) in [6, 6.07) is 0.0242. The van der Waals surface area contributed by atoms with Gasteiger partial charge in [0.25, 0.3) is 0 Å². The van der Waals surface area contributed by atoms with Crippen molar-refractivity contribution < 1.29 is 22.4 Å². The molecule has 0 spiro atoms. The van der Waals surface area contributed by atoms with Gasteiger partial charge in [-0.05, 0) is 0 Å². The van der Waals surface area contributed by atoms with Crippen LogP contribution >= 0.6 is 11.8 Å². The first kappa shape index (κ1) is 14.6. The molecule has 1 aromatic heterocycles. The van der Waals surface area contributed by atoms with Crippen molar-refractivity contribution >= 4 is 11.8 Å². The molecule has 1 saturated heterocycles. The maximum Gasteiger partial charge on any atom is 0.411 e. The smallest absolute Gasteiger partial charge is 0.372 e. The average Bonchev–Trinajstić information content (AvgIpc) is 2.83. The van der Waals surface area contributed by atoms with Crippen LogP contribution in [0.3, 0.4) is 0 Å². The van der Waals surface area contributed by atoms with Gasteiger partial charge in [-0.3, -0.25) is 0 Å². The second kappa shape index (κ2) is 6.58. The number of alkyl halides is 3. The highest BCUT2D eigenvalue weighted by molar-refractivity contribution is 7.99. The highest BCUT2D eigenvalue weighted by atomic mass is 32.2. The number of hydrogen-bond acceptors (Lipinski definition) is 6. The van der Waals surface area contributed by atoms with Crippen molar-refractivity contribution in [1.29, 1.82) is 0 Å². The summed E-state index contributed by atoms with van der Waals surface area (Å²) in [6.45, 7) is -0.453. The van der Waals surface area contributed by atoms with Crippen LogP contribution in [0, 0.1) is 0 Å². The summed E-state index contributed by atoms with van der Waals surface area (Å²) in [6.07, 6.45) is -4.09. The fraction of sp³-hybridized carbons (Fsp3) is 0.800. The number of thioether (sulfide) groups is 1. The maximum atomic E-state index is 11.8. The number of aromatic nitrogens is 2. The third-order valence-electron chi connectivity index (χ3n) is 2.44. The van der Waals surface area contributed by atoms with Crippen LogP contribution in [0.15, 0.2) is 4.52 Å². The molecule has 1 aliphatic rings. The minimum Gasteiger partial charge on any atom is -0.372 e. The van der Waals surface area contributed by atoms with Gasteiger partial charge in [-0.25, -0.2) is 0 Å². The van der Waals surface area contributed by atoms with E-state index in [1.54, 1.807) is 11.8 Å². The molecule has 1 fully saturated rings. The standard InChI is InChI=1S/C10H14F3N3O2S/c11-10(12,13)6-17-3-1-8-15-9(18-16-8)7-5-19-4-2-14-7/h7,14H,1-6H2. The molecule has 0 radical (unpaired) electrons. The third-order valence-corrected chi connectivity index (χ3v) is 3.50. The molecule has 1 aromatic rings. The van der Waals surface area contributed by atoms with Crippen LogP contribution in [0.5, 0.6) is 0 Å². The zero-order chi connectivity index (χ0) is 13.7. The van der Waals surface area contributed by atoms with E-state index in [4.69, 9.17) is 4.52 Å². The lowest BCUT2D eigenvalue weighted by Crippen LogP contribution is -2.30. The van der Waals surface area contributed by atoms with E-state index in [1.807, 2.05) is 0 Å². The summed E-state index contributed by atoms with van der Waals surface area (Å²) in [4.78, 5) is 4.15. The molecule has 2 rings (SSSR count). The molecule has 0 aliphatic carbocycles. The fourth-order valence-electron chi connectivity index (χ4n) is 1.59. The van der Waals surface area contributed by atoms with Crippen LogP contribution in [0.1, 0.15) is 17.8 Å². The van der Waals surface area contributed by atoms with Crippen LogP contribution < -0.4 is 5.32 Å². The minimum atomic E-state index is -4.30. The van der Waals surface area contributed by atoms with Gasteiger partial charge in [0, 0.05) is 24.5 Å². The Labute approximate surface area is 112 Å². The van der Waals surface area contributed by atoms with E-state index in [-0.39, 0.29) is 19.1 Å². The molecule has 1 unspecified atom stereocenters. The Kier molecular flexibility index (Phi) is 5.06. The molecule has 1 aliphatic heterocycles. The van der Waals surface area contributed by atoms with Crippen molar-refractivity contribution in [1.82, 2.24) is 15.5 Å². The number of nitrogens with one attached hydrogen (secondary N) is 1. The van der Waals surface area contributed by atoms with E-state index in [0.29, 0.717) is 11.7 Å². The van der Waals surface area contributed by atoms with Crippen LogP contribution in [0.25, 0.3) is 0 Å². The molecule has 19 heavy (non-hydrogen) atoms. The van der Waals surface area contributed by atoms with E-state index in [2.05, 4.69) is 20.2 Å².